The number of hydrogen-bond donors (Lipinski definition) is 0. The Labute approximate surface area is 162 Å². The van der Waals surface area contributed by atoms with Crippen molar-refractivity contribution in [1.29, 1.82) is 0 Å². The van der Waals surface area contributed by atoms with E-state index in [1.54, 1.807) is 30.2 Å². The number of halogens is 1. The van der Waals surface area contributed by atoms with E-state index in [1.165, 1.54) is 5.69 Å². The molecular weight excluding hydrogens is 396 g/mol. The van der Waals surface area contributed by atoms with Gasteiger partial charge in [0.15, 0.2) is 0 Å². The molecule has 0 N–H and O–H groups in total. The molecule has 0 unspecified atom stereocenters. The van der Waals surface area contributed by atoms with Crippen LogP contribution in [0.4, 0.5) is 5.69 Å². The van der Waals surface area contributed by atoms with Crippen molar-refractivity contribution < 1.29 is 14.3 Å². The van der Waals surface area contributed by atoms with Crippen molar-refractivity contribution in [2.24, 2.45) is 0 Å². The number of para-hydroxylation sites is 1. The molecule has 0 aromatic heterocycles. The van der Waals surface area contributed by atoms with E-state index in [1.807, 2.05) is 19.2 Å². The summed E-state index contributed by atoms with van der Waals surface area (Å²) in [5.74, 6) is 0.687. The van der Waals surface area contributed by atoms with Crippen LogP contribution < -0.4 is 9.64 Å². The summed E-state index contributed by atoms with van der Waals surface area (Å²) in [4.78, 5) is 16.9. The van der Waals surface area contributed by atoms with Crippen LogP contribution in [-0.4, -0.2) is 51.3 Å². The van der Waals surface area contributed by atoms with Gasteiger partial charge in [-0.2, -0.15) is 0 Å². The molecule has 0 aliphatic carbocycles. The number of nitrogens with zero attached hydrogens (tertiary/aromatic N) is 2. The Hall–Kier alpha value is -2.05. The summed E-state index contributed by atoms with van der Waals surface area (Å²) in [5.41, 5.74) is 2.94. The highest BCUT2D eigenvalue weighted by Gasteiger charge is 2.18. The zero-order chi connectivity index (χ0) is 18.5. The number of morpholine rings is 1. The maximum Gasteiger partial charge on any atom is 0.253 e. The van der Waals surface area contributed by atoms with Crippen LogP contribution in [0.5, 0.6) is 5.75 Å². The summed E-state index contributed by atoms with van der Waals surface area (Å²) in [5, 5.41) is 0. The minimum absolute atomic E-state index is 0.0230. The lowest BCUT2D eigenvalue weighted by Gasteiger charge is -2.31. The third-order valence-electron chi connectivity index (χ3n) is 4.50. The zero-order valence-corrected chi connectivity index (χ0v) is 16.7. The van der Waals surface area contributed by atoms with E-state index in [0.29, 0.717) is 17.9 Å². The van der Waals surface area contributed by atoms with Crippen molar-refractivity contribution in [1.82, 2.24) is 4.90 Å². The number of amides is 1. The molecule has 1 aliphatic rings. The van der Waals surface area contributed by atoms with Crippen molar-refractivity contribution in [2.45, 2.75) is 6.54 Å². The Morgan fingerprint density at radius 1 is 1.23 bits per heavy atom. The van der Waals surface area contributed by atoms with E-state index >= 15 is 0 Å². The van der Waals surface area contributed by atoms with Gasteiger partial charge in [-0.1, -0.05) is 18.2 Å². The molecule has 3 rings (SSSR count). The Bertz CT molecular complexity index is 775. The second-order valence-corrected chi connectivity index (χ2v) is 7.09. The van der Waals surface area contributed by atoms with Crippen LogP contribution >= 0.6 is 15.9 Å². The molecule has 0 radical (unpaired) electrons. The normalized spacial score (nSPS) is 14.2. The molecule has 1 saturated heterocycles. The SMILES string of the molecule is COc1ccc(C(=O)N(C)Cc2ccccc2N2CCOCC2)cc1Br. The van der Waals surface area contributed by atoms with E-state index in [2.05, 4.69) is 33.0 Å². The van der Waals surface area contributed by atoms with Crippen molar-refractivity contribution >= 4 is 27.5 Å². The van der Waals surface area contributed by atoms with E-state index in [9.17, 15) is 4.79 Å². The van der Waals surface area contributed by atoms with Gasteiger partial charge in [0.25, 0.3) is 5.91 Å². The first-order chi connectivity index (χ1) is 12.6. The fourth-order valence-electron chi connectivity index (χ4n) is 3.10. The van der Waals surface area contributed by atoms with Gasteiger partial charge < -0.3 is 19.3 Å². The quantitative estimate of drug-likeness (QED) is 0.744. The van der Waals surface area contributed by atoms with Crippen LogP contribution in [0.1, 0.15) is 15.9 Å². The van der Waals surface area contributed by atoms with Crippen molar-refractivity contribution in [3.63, 3.8) is 0 Å². The summed E-state index contributed by atoms with van der Waals surface area (Å²) >= 11 is 3.44. The Kier molecular flexibility index (Phi) is 6.16. The van der Waals surface area contributed by atoms with Gasteiger partial charge in [0.2, 0.25) is 0 Å². The molecule has 0 atom stereocenters. The van der Waals surface area contributed by atoms with Crippen LogP contribution in [0.25, 0.3) is 0 Å². The van der Waals surface area contributed by atoms with Gasteiger partial charge in [-0.25, -0.2) is 0 Å². The summed E-state index contributed by atoms with van der Waals surface area (Å²) < 4.78 is 11.4. The zero-order valence-electron chi connectivity index (χ0n) is 15.1. The topological polar surface area (TPSA) is 42.0 Å². The Morgan fingerprint density at radius 2 is 1.96 bits per heavy atom. The summed E-state index contributed by atoms with van der Waals surface area (Å²) in [7, 11) is 3.44. The molecule has 0 saturated carbocycles. The van der Waals surface area contributed by atoms with Gasteiger partial charge >= 0.3 is 0 Å². The lowest BCUT2D eigenvalue weighted by molar-refractivity contribution is 0.0784. The summed E-state index contributed by atoms with van der Waals surface area (Å²) in [6, 6.07) is 13.6. The van der Waals surface area contributed by atoms with Gasteiger partial charge in [-0.3, -0.25) is 4.79 Å². The number of ether oxygens (including phenoxy) is 2. The van der Waals surface area contributed by atoms with Crippen molar-refractivity contribution in [2.75, 3.05) is 45.4 Å². The molecule has 2 aromatic carbocycles. The molecule has 138 valence electrons. The van der Waals surface area contributed by atoms with Gasteiger partial charge in [-0.15, -0.1) is 0 Å². The number of anilines is 1. The number of benzene rings is 2. The van der Waals surface area contributed by atoms with Crippen LogP contribution in [0.15, 0.2) is 46.9 Å². The Balaban J connectivity index is 1.76. The fourth-order valence-corrected chi connectivity index (χ4v) is 3.65. The second kappa shape index (κ2) is 8.56. The number of carbonyl (C=O) groups excluding carboxylic acids is 1. The molecule has 0 bridgehead atoms. The third kappa shape index (κ3) is 4.19. The molecule has 1 amide bonds. The van der Waals surface area contributed by atoms with E-state index in [4.69, 9.17) is 9.47 Å². The maximum absolute atomic E-state index is 12.8. The van der Waals surface area contributed by atoms with Crippen LogP contribution in [0, 0.1) is 0 Å². The first-order valence-electron chi connectivity index (χ1n) is 8.59. The third-order valence-corrected chi connectivity index (χ3v) is 5.12. The molecule has 1 heterocycles. The van der Waals surface area contributed by atoms with Crippen LogP contribution in [0.2, 0.25) is 0 Å². The molecule has 0 spiro atoms. The molecular formula is C20H23BrN2O3. The molecule has 26 heavy (non-hydrogen) atoms. The molecule has 1 aliphatic heterocycles. The van der Waals surface area contributed by atoms with E-state index in [0.717, 1.165) is 36.3 Å². The predicted molar refractivity (Wildman–Crippen MR) is 106 cm³/mol. The first-order valence-corrected chi connectivity index (χ1v) is 9.39. The Morgan fingerprint density at radius 3 is 2.65 bits per heavy atom. The molecule has 5 nitrogen and oxygen atoms in total. The average Bonchev–Trinajstić information content (AvgIpc) is 2.68. The van der Waals surface area contributed by atoms with Gasteiger partial charge in [-0.05, 0) is 45.8 Å². The summed E-state index contributed by atoms with van der Waals surface area (Å²) in [6.07, 6.45) is 0. The maximum atomic E-state index is 12.8. The van der Waals surface area contributed by atoms with Crippen LogP contribution in [0.3, 0.4) is 0 Å². The number of carbonyl (C=O) groups is 1. The lowest BCUT2D eigenvalue weighted by Crippen LogP contribution is -2.37. The van der Waals surface area contributed by atoms with E-state index < -0.39 is 0 Å². The molecule has 1 fully saturated rings. The van der Waals surface area contributed by atoms with Crippen molar-refractivity contribution in [3.05, 3.63) is 58.1 Å². The van der Waals surface area contributed by atoms with Gasteiger partial charge in [0, 0.05) is 37.9 Å². The van der Waals surface area contributed by atoms with Gasteiger partial charge in [0.1, 0.15) is 5.75 Å². The fraction of sp³-hybridized carbons (Fsp3) is 0.350. The number of hydrogen-bond acceptors (Lipinski definition) is 4. The van der Waals surface area contributed by atoms with Crippen molar-refractivity contribution in [3.8, 4) is 5.75 Å². The minimum atomic E-state index is -0.0230. The van der Waals surface area contributed by atoms with E-state index in [-0.39, 0.29) is 5.91 Å². The first kappa shape index (κ1) is 18.7. The minimum Gasteiger partial charge on any atom is -0.496 e. The highest BCUT2D eigenvalue weighted by molar-refractivity contribution is 9.10. The number of methoxy groups -OCH3 is 1. The molecule has 6 heteroatoms. The summed E-state index contributed by atoms with van der Waals surface area (Å²) in [6.45, 7) is 3.78. The predicted octanol–water partition coefficient (Wildman–Crippen LogP) is 3.57. The number of rotatable bonds is 5. The highest BCUT2D eigenvalue weighted by Crippen LogP contribution is 2.27. The average molecular weight is 419 g/mol. The smallest absolute Gasteiger partial charge is 0.253 e. The van der Waals surface area contributed by atoms with Gasteiger partial charge in [0.05, 0.1) is 24.8 Å². The lowest BCUT2D eigenvalue weighted by atomic mass is 10.1. The molecule has 2 aromatic rings. The van der Waals surface area contributed by atoms with Crippen LogP contribution in [-0.2, 0) is 11.3 Å². The highest BCUT2D eigenvalue weighted by atomic mass is 79.9. The monoisotopic (exact) mass is 418 g/mol. The standard InChI is InChI=1S/C20H23BrN2O3/c1-22(20(24)15-7-8-19(25-2)17(21)13-15)14-16-5-3-4-6-18(16)23-9-11-26-12-10-23/h3-8,13H,9-12,14H2,1-2H3. The largest absolute Gasteiger partial charge is 0.496 e. The second-order valence-electron chi connectivity index (χ2n) is 6.24.